The predicted molar refractivity (Wildman–Crippen MR) is 119 cm³/mol. The zero-order valence-electron chi connectivity index (χ0n) is 18.3. The third-order valence-corrected chi connectivity index (χ3v) is 7.21. The van der Waals surface area contributed by atoms with E-state index in [0.717, 1.165) is 43.4 Å². The van der Waals surface area contributed by atoms with Gasteiger partial charge in [-0.05, 0) is 43.9 Å². The second-order valence-electron chi connectivity index (χ2n) is 9.07. The van der Waals surface area contributed by atoms with Crippen molar-refractivity contribution in [2.75, 3.05) is 11.9 Å². The van der Waals surface area contributed by atoms with Crippen LogP contribution < -0.4 is 16.1 Å². The van der Waals surface area contributed by atoms with Gasteiger partial charge in [-0.15, -0.1) is 0 Å². The van der Waals surface area contributed by atoms with Crippen molar-refractivity contribution >= 4 is 11.6 Å². The van der Waals surface area contributed by atoms with Crippen molar-refractivity contribution in [3.05, 3.63) is 42.2 Å². The summed E-state index contributed by atoms with van der Waals surface area (Å²) >= 11 is 0. The van der Waals surface area contributed by atoms with Gasteiger partial charge in [-0.1, -0.05) is 25.0 Å². The molecule has 3 fully saturated rings. The summed E-state index contributed by atoms with van der Waals surface area (Å²) in [5, 5.41) is 27.0. The molecule has 3 N–H and O–H groups in total. The van der Waals surface area contributed by atoms with Crippen LogP contribution in [0.2, 0.25) is 0 Å². The van der Waals surface area contributed by atoms with E-state index in [1.165, 1.54) is 0 Å². The maximum absolute atomic E-state index is 12.8. The van der Waals surface area contributed by atoms with Crippen LogP contribution in [0.4, 0.5) is 5.69 Å². The van der Waals surface area contributed by atoms with Gasteiger partial charge in [0.05, 0.1) is 36.3 Å². The first-order valence-electron chi connectivity index (χ1n) is 11.6. The van der Waals surface area contributed by atoms with Crippen molar-refractivity contribution in [1.29, 1.82) is 5.26 Å². The minimum absolute atomic E-state index is 0.0114. The Bertz CT molecular complexity index is 969. The fourth-order valence-corrected chi connectivity index (χ4v) is 5.49. The molecular weight excluding hydrogens is 404 g/mol. The third kappa shape index (κ3) is 3.85. The van der Waals surface area contributed by atoms with Crippen molar-refractivity contribution in [3.8, 4) is 6.07 Å². The van der Waals surface area contributed by atoms with E-state index < -0.39 is 0 Å². The van der Waals surface area contributed by atoms with E-state index in [4.69, 9.17) is 0 Å². The number of piperidine rings is 1. The molecule has 0 bridgehead atoms. The van der Waals surface area contributed by atoms with E-state index in [-0.39, 0.29) is 42.0 Å². The van der Waals surface area contributed by atoms with Gasteiger partial charge in [-0.3, -0.25) is 4.79 Å². The van der Waals surface area contributed by atoms with Crippen LogP contribution in [-0.2, 0) is 4.79 Å². The van der Waals surface area contributed by atoms with E-state index in [0.29, 0.717) is 6.54 Å². The number of amides is 1. The molecule has 6 atom stereocenters. The van der Waals surface area contributed by atoms with Crippen molar-refractivity contribution < 1.29 is 4.79 Å². The molecular formula is C23H30N8O. The summed E-state index contributed by atoms with van der Waals surface area (Å²) in [5.41, 5.74) is 5.65. The number of hydrogen-bond acceptors (Lipinski definition) is 7. The standard InChI is InChI=1S/C23H30N8O/c1-15(31-26-12-13-27-31)16-6-8-18(9-7-16)28-22-21-20(10-11-25-23(21)32)30(29-22)19-5-3-2-4-17(19)14-24/h6-9,12-13,15,17,19-22,28-29H,2-5,10-11H2,1H3,(H,25,32)/t15?,17-,19+,20?,21?,22?/m1/s1. The highest BCUT2D eigenvalue weighted by Crippen LogP contribution is 2.36. The van der Waals surface area contributed by atoms with Gasteiger partial charge in [0.2, 0.25) is 5.91 Å². The van der Waals surface area contributed by atoms with E-state index in [2.05, 4.69) is 56.4 Å². The Balaban J connectivity index is 1.33. The van der Waals surface area contributed by atoms with Gasteiger partial charge < -0.3 is 10.6 Å². The molecule has 0 radical (unpaired) electrons. The number of benzene rings is 1. The number of nitrogens with zero attached hydrogens (tertiary/aromatic N) is 5. The summed E-state index contributed by atoms with van der Waals surface area (Å²) in [6.45, 7) is 2.74. The number of nitriles is 1. The van der Waals surface area contributed by atoms with E-state index in [1.807, 2.05) is 12.1 Å². The average molecular weight is 435 g/mol. The summed E-state index contributed by atoms with van der Waals surface area (Å²) in [6.07, 6.45) is 8.21. The SMILES string of the molecule is CC(c1ccc(NC2NN([C@H]3CCCC[C@@H]3C#N)C3CCNC(=O)C23)cc1)n1nccn1. The highest BCUT2D eigenvalue weighted by Gasteiger charge is 2.51. The maximum atomic E-state index is 12.8. The smallest absolute Gasteiger partial charge is 0.228 e. The number of rotatable bonds is 5. The van der Waals surface area contributed by atoms with Gasteiger partial charge in [0, 0.05) is 24.3 Å². The molecule has 0 spiro atoms. The fraction of sp³-hybridized carbons (Fsp3) is 0.565. The summed E-state index contributed by atoms with van der Waals surface area (Å²) < 4.78 is 0. The predicted octanol–water partition coefficient (Wildman–Crippen LogP) is 2.03. The number of hydrazine groups is 1. The number of hydrogen-bond donors (Lipinski definition) is 3. The van der Waals surface area contributed by atoms with Crippen LogP contribution in [0.15, 0.2) is 36.7 Å². The lowest BCUT2D eigenvalue weighted by atomic mass is 9.83. The average Bonchev–Trinajstić information content (AvgIpc) is 3.48. The monoisotopic (exact) mass is 434 g/mol. The van der Waals surface area contributed by atoms with E-state index in [1.54, 1.807) is 17.2 Å². The van der Waals surface area contributed by atoms with Gasteiger partial charge in [0.1, 0.15) is 6.17 Å². The van der Waals surface area contributed by atoms with Crippen LogP contribution in [0.3, 0.4) is 0 Å². The lowest BCUT2D eigenvalue weighted by Crippen LogP contribution is -2.54. The molecule has 2 aliphatic heterocycles. The summed E-state index contributed by atoms with van der Waals surface area (Å²) in [5.74, 6) is -0.109. The maximum Gasteiger partial charge on any atom is 0.228 e. The van der Waals surface area contributed by atoms with Crippen LogP contribution in [0.5, 0.6) is 0 Å². The Kier molecular flexibility index (Phi) is 5.81. The molecule has 2 saturated heterocycles. The van der Waals surface area contributed by atoms with Crippen LogP contribution >= 0.6 is 0 Å². The lowest BCUT2D eigenvalue weighted by molar-refractivity contribution is -0.128. The highest BCUT2D eigenvalue weighted by molar-refractivity contribution is 5.82. The van der Waals surface area contributed by atoms with E-state index in [9.17, 15) is 10.1 Å². The van der Waals surface area contributed by atoms with Crippen LogP contribution in [0.25, 0.3) is 0 Å². The zero-order valence-corrected chi connectivity index (χ0v) is 18.3. The summed E-state index contributed by atoms with van der Waals surface area (Å²) in [4.78, 5) is 14.5. The number of carbonyl (C=O) groups excluding carboxylic acids is 1. The Morgan fingerprint density at radius 2 is 1.88 bits per heavy atom. The first kappa shape index (κ1) is 20.9. The van der Waals surface area contributed by atoms with E-state index >= 15 is 0 Å². The van der Waals surface area contributed by atoms with Gasteiger partial charge >= 0.3 is 0 Å². The second kappa shape index (κ2) is 8.88. The van der Waals surface area contributed by atoms with Gasteiger partial charge in [-0.2, -0.15) is 20.3 Å². The molecule has 1 aromatic carbocycles. The topological polar surface area (TPSA) is 111 Å². The highest BCUT2D eigenvalue weighted by atomic mass is 16.2. The summed E-state index contributed by atoms with van der Waals surface area (Å²) in [7, 11) is 0. The quantitative estimate of drug-likeness (QED) is 0.660. The lowest BCUT2D eigenvalue weighted by Gasteiger charge is -2.39. The number of anilines is 1. The molecule has 2 aromatic rings. The molecule has 3 heterocycles. The molecule has 32 heavy (non-hydrogen) atoms. The van der Waals surface area contributed by atoms with Crippen LogP contribution in [0, 0.1) is 23.2 Å². The molecule has 9 heteroatoms. The Morgan fingerprint density at radius 3 is 2.62 bits per heavy atom. The number of carbonyl (C=O) groups is 1. The number of fused-ring (bicyclic) bond motifs is 1. The Morgan fingerprint density at radius 1 is 1.12 bits per heavy atom. The first-order valence-corrected chi connectivity index (χ1v) is 11.6. The molecule has 9 nitrogen and oxygen atoms in total. The van der Waals surface area contributed by atoms with Crippen LogP contribution in [-0.4, -0.2) is 50.7 Å². The minimum atomic E-state index is -0.211. The van der Waals surface area contributed by atoms with Crippen molar-refractivity contribution in [3.63, 3.8) is 0 Å². The third-order valence-electron chi connectivity index (χ3n) is 7.21. The largest absolute Gasteiger partial charge is 0.368 e. The minimum Gasteiger partial charge on any atom is -0.368 e. The van der Waals surface area contributed by atoms with Gasteiger partial charge in [0.15, 0.2) is 0 Å². The van der Waals surface area contributed by atoms with Crippen molar-refractivity contribution in [1.82, 2.24) is 30.7 Å². The molecule has 5 rings (SSSR count). The fourth-order valence-electron chi connectivity index (χ4n) is 5.49. The van der Waals surface area contributed by atoms with Crippen molar-refractivity contribution in [2.24, 2.45) is 11.8 Å². The molecule has 1 amide bonds. The molecule has 1 aromatic heterocycles. The zero-order chi connectivity index (χ0) is 22.1. The summed E-state index contributed by atoms with van der Waals surface area (Å²) in [6, 6.07) is 11.0. The Hall–Kier alpha value is -2.96. The molecule has 1 saturated carbocycles. The molecule has 1 aliphatic carbocycles. The molecule has 3 aliphatic rings. The molecule has 4 unspecified atom stereocenters. The second-order valence-corrected chi connectivity index (χ2v) is 9.07. The van der Waals surface area contributed by atoms with Crippen LogP contribution in [0.1, 0.15) is 50.6 Å². The van der Waals surface area contributed by atoms with Gasteiger partial charge in [-0.25, -0.2) is 10.4 Å². The number of aromatic nitrogens is 3. The molecule has 168 valence electrons. The van der Waals surface area contributed by atoms with Gasteiger partial charge in [0.25, 0.3) is 0 Å². The van der Waals surface area contributed by atoms with Crippen molar-refractivity contribution in [2.45, 2.75) is 63.3 Å². The Labute approximate surface area is 188 Å². The normalized spacial score (nSPS) is 31.4. The number of nitrogens with one attached hydrogen (secondary N) is 3. The first-order chi connectivity index (χ1) is 15.7.